The quantitative estimate of drug-likeness (QED) is 0.307. The summed E-state index contributed by atoms with van der Waals surface area (Å²) in [5.41, 5.74) is 5.59. The number of nitrogens with two attached hydrogens (primary N) is 1. The predicted octanol–water partition coefficient (Wildman–Crippen LogP) is -1.40. The first-order chi connectivity index (χ1) is 12.1. The van der Waals surface area contributed by atoms with Crippen LogP contribution in [-0.2, 0) is 24.0 Å². The molecule has 0 radical (unpaired) electrons. The molecule has 0 aromatic carbocycles. The molecule has 0 aliphatic carbocycles. The Labute approximate surface area is 149 Å². The van der Waals surface area contributed by atoms with E-state index >= 15 is 0 Å². The number of carboxylic acids is 3. The smallest absolute Gasteiger partial charge is 0.326 e. The molecule has 1 fully saturated rings. The summed E-state index contributed by atoms with van der Waals surface area (Å²) in [6.45, 7) is 0.195. The lowest BCUT2D eigenvalue weighted by Gasteiger charge is -2.27. The van der Waals surface area contributed by atoms with Crippen LogP contribution >= 0.6 is 0 Å². The van der Waals surface area contributed by atoms with E-state index in [1.54, 1.807) is 0 Å². The van der Waals surface area contributed by atoms with Crippen LogP contribution in [0.3, 0.4) is 0 Å². The Hall–Kier alpha value is -2.69. The van der Waals surface area contributed by atoms with Gasteiger partial charge in [0.1, 0.15) is 12.1 Å². The van der Waals surface area contributed by atoms with Gasteiger partial charge in [0.25, 0.3) is 0 Å². The lowest BCUT2D eigenvalue weighted by molar-refractivity contribution is -0.150. The van der Waals surface area contributed by atoms with E-state index in [9.17, 15) is 29.1 Å². The highest BCUT2D eigenvalue weighted by Crippen LogP contribution is 2.19. The van der Waals surface area contributed by atoms with E-state index in [0.717, 1.165) is 4.90 Å². The van der Waals surface area contributed by atoms with E-state index in [0.29, 0.717) is 6.42 Å². The Morgan fingerprint density at radius 2 is 1.62 bits per heavy atom. The fraction of sp³-hybridized carbons (Fsp3) is 0.667. The first-order valence-electron chi connectivity index (χ1n) is 8.16. The van der Waals surface area contributed by atoms with Crippen LogP contribution in [0.2, 0.25) is 0 Å². The van der Waals surface area contributed by atoms with E-state index in [-0.39, 0.29) is 32.2 Å². The van der Waals surface area contributed by atoms with Gasteiger partial charge in [-0.05, 0) is 25.7 Å². The molecular weight excluding hydrogens is 350 g/mol. The van der Waals surface area contributed by atoms with Gasteiger partial charge >= 0.3 is 17.9 Å². The molecule has 146 valence electrons. The van der Waals surface area contributed by atoms with Crippen LogP contribution in [0, 0.1) is 0 Å². The van der Waals surface area contributed by atoms with Gasteiger partial charge in [-0.1, -0.05) is 0 Å². The summed E-state index contributed by atoms with van der Waals surface area (Å²) in [6.07, 6.45) is -0.363. The number of hydrogen-bond acceptors (Lipinski definition) is 6. The number of rotatable bonds is 10. The number of likely N-dealkylation sites (tertiary alicyclic amines) is 1. The van der Waals surface area contributed by atoms with Gasteiger partial charge in [0.15, 0.2) is 0 Å². The molecule has 11 heteroatoms. The van der Waals surface area contributed by atoms with Crippen LogP contribution in [0.25, 0.3) is 0 Å². The molecule has 0 spiro atoms. The Balaban J connectivity index is 2.81. The number of carbonyl (C=O) groups is 5. The van der Waals surface area contributed by atoms with Crippen molar-refractivity contribution < 1.29 is 39.3 Å². The fourth-order valence-corrected chi connectivity index (χ4v) is 2.70. The molecule has 11 nitrogen and oxygen atoms in total. The summed E-state index contributed by atoms with van der Waals surface area (Å²) < 4.78 is 0. The summed E-state index contributed by atoms with van der Waals surface area (Å²) in [5, 5.41) is 28.9. The molecule has 1 aliphatic rings. The summed E-state index contributed by atoms with van der Waals surface area (Å²) in [7, 11) is 0. The molecule has 0 saturated carbocycles. The van der Waals surface area contributed by atoms with Crippen LogP contribution < -0.4 is 11.1 Å². The Morgan fingerprint density at radius 1 is 1.04 bits per heavy atom. The molecule has 3 atom stereocenters. The van der Waals surface area contributed by atoms with Gasteiger partial charge in [0.05, 0.1) is 6.04 Å². The normalized spacial score (nSPS) is 18.8. The lowest BCUT2D eigenvalue weighted by atomic mass is 10.1. The predicted molar refractivity (Wildman–Crippen MR) is 86.0 cm³/mol. The number of nitrogens with one attached hydrogen (secondary N) is 1. The SMILES string of the molecule is NC(CCC(=O)O)C(=O)NC(CCC(=O)O)C(=O)N1CCCC1C(=O)O. The van der Waals surface area contributed by atoms with Crippen molar-refractivity contribution in [3.63, 3.8) is 0 Å². The lowest BCUT2D eigenvalue weighted by Crippen LogP contribution is -2.54. The molecule has 3 unspecified atom stereocenters. The first kappa shape index (κ1) is 21.4. The largest absolute Gasteiger partial charge is 0.481 e. The Bertz CT molecular complexity index is 579. The van der Waals surface area contributed by atoms with Crippen LogP contribution in [-0.4, -0.2) is 74.6 Å². The van der Waals surface area contributed by atoms with Crippen LogP contribution in [0.4, 0.5) is 0 Å². The number of carbonyl (C=O) groups excluding carboxylic acids is 2. The minimum absolute atomic E-state index is 0.150. The standard InChI is InChI=1S/C15H23N3O8/c16-8(3-5-11(19)20)13(23)17-9(4-6-12(21)22)14(24)18-7-1-2-10(18)15(25)26/h8-10H,1-7,16H2,(H,17,23)(H,19,20)(H,21,22)(H,25,26). The summed E-state index contributed by atoms with van der Waals surface area (Å²) >= 11 is 0. The van der Waals surface area contributed by atoms with Crippen molar-refractivity contribution in [1.29, 1.82) is 0 Å². The number of carboxylic acid groups (broad SMARTS) is 3. The summed E-state index contributed by atoms with van der Waals surface area (Å²) in [5.74, 6) is -4.95. The van der Waals surface area contributed by atoms with Crippen molar-refractivity contribution in [1.82, 2.24) is 10.2 Å². The van der Waals surface area contributed by atoms with Crippen molar-refractivity contribution in [3.8, 4) is 0 Å². The van der Waals surface area contributed by atoms with Gasteiger partial charge in [-0.2, -0.15) is 0 Å². The topological polar surface area (TPSA) is 187 Å². The molecule has 0 bridgehead atoms. The highest BCUT2D eigenvalue weighted by Gasteiger charge is 2.38. The average Bonchev–Trinajstić information content (AvgIpc) is 3.05. The third kappa shape index (κ3) is 6.31. The van der Waals surface area contributed by atoms with E-state index < -0.39 is 54.3 Å². The van der Waals surface area contributed by atoms with Crippen molar-refractivity contribution in [2.75, 3.05) is 6.54 Å². The molecule has 1 aliphatic heterocycles. The molecule has 2 amide bonds. The van der Waals surface area contributed by atoms with E-state index in [2.05, 4.69) is 5.32 Å². The summed E-state index contributed by atoms with van der Waals surface area (Å²) in [4.78, 5) is 58.4. The van der Waals surface area contributed by atoms with Crippen LogP contribution in [0.1, 0.15) is 38.5 Å². The Morgan fingerprint density at radius 3 is 2.15 bits per heavy atom. The number of amides is 2. The first-order valence-corrected chi connectivity index (χ1v) is 8.16. The third-order valence-corrected chi connectivity index (χ3v) is 4.09. The van der Waals surface area contributed by atoms with Crippen molar-refractivity contribution >= 4 is 29.7 Å². The maximum atomic E-state index is 12.6. The fourth-order valence-electron chi connectivity index (χ4n) is 2.70. The molecule has 6 N–H and O–H groups in total. The zero-order valence-electron chi connectivity index (χ0n) is 14.1. The number of aliphatic carboxylic acids is 3. The molecular formula is C15H23N3O8. The van der Waals surface area contributed by atoms with Crippen LogP contribution in [0.15, 0.2) is 0 Å². The highest BCUT2D eigenvalue weighted by atomic mass is 16.4. The Kier molecular flexibility index (Phi) is 7.97. The molecule has 26 heavy (non-hydrogen) atoms. The average molecular weight is 373 g/mol. The molecule has 1 saturated heterocycles. The van der Waals surface area contributed by atoms with Crippen molar-refractivity contribution in [2.24, 2.45) is 5.73 Å². The second-order valence-corrected chi connectivity index (χ2v) is 6.06. The zero-order chi connectivity index (χ0) is 19.9. The molecule has 0 aromatic heterocycles. The molecule has 1 rings (SSSR count). The molecule has 0 aromatic rings. The van der Waals surface area contributed by atoms with Gasteiger partial charge in [-0.25, -0.2) is 4.79 Å². The van der Waals surface area contributed by atoms with Gasteiger partial charge in [-0.15, -0.1) is 0 Å². The second-order valence-electron chi connectivity index (χ2n) is 6.06. The van der Waals surface area contributed by atoms with E-state index in [1.807, 2.05) is 0 Å². The maximum Gasteiger partial charge on any atom is 0.326 e. The van der Waals surface area contributed by atoms with Crippen molar-refractivity contribution in [2.45, 2.75) is 56.7 Å². The summed E-state index contributed by atoms with van der Waals surface area (Å²) in [6, 6.07) is -3.44. The number of nitrogens with zero attached hydrogens (tertiary/aromatic N) is 1. The third-order valence-electron chi connectivity index (χ3n) is 4.09. The van der Waals surface area contributed by atoms with Gasteiger partial charge < -0.3 is 31.3 Å². The van der Waals surface area contributed by atoms with E-state index in [4.69, 9.17) is 15.9 Å². The zero-order valence-corrected chi connectivity index (χ0v) is 14.1. The van der Waals surface area contributed by atoms with E-state index in [1.165, 1.54) is 0 Å². The highest BCUT2D eigenvalue weighted by molar-refractivity contribution is 5.92. The molecule has 1 heterocycles. The maximum absolute atomic E-state index is 12.6. The van der Waals surface area contributed by atoms with Gasteiger partial charge in [-0.3, -0.25) is 19.2 Å². The van der Waals surface area contributed by atoms with Gasteiger partial charge in [0.2, 0.25) is 11.8 Å². The van der Waals surface area contributed by atoms with Gasteiger partial charge in [0, 0.05) is 19.4 Å². The van der Waals surface area contributed by atoms with Crippen molar-refractivity contribution in [3.05, 3.63) is 0 Å². The number of hydrogen-bond donors (Lipinski definition) is 5. The second kappa shape index (κ2) is 9.70. The minimum Gasteiger partial charge on any atom is -0.481 e. The monoisotopic (exact) mass is 373 g/mol. The van der Waals surface area contributed by atoms with Crippen LogP contribution in [0.5, 0.6) is 0 Å². The minimum atomic E-state index is -1.24.